The predicted octanol–water partition coefficient (Wildman–Crippen LogP) is 6.40. The molecule has 0 saturated heterocycles. The summed E-state index contributed by atoms with van der Waals surface area (Å²) in [5.74, 6) is 1.36. The van der Waals surface area contributed by atoms with Gasteiger partial charge in [-0.2, -0.15) is 0 Å². The largest absolute Gasteiger partial charge is 0.496 e. The molecule has 1 N–H and O–H groups in total. The van der Waals surface area contributed by atoms with Gasteiger partial charge in [-0.3, -0.25) is 9.79 Å². The standard InChI is InChI=1S/C28H24N2O3S/c1-18(14-27(31)30-28-29-12-13-34-28)22-15-23-24(17-33-26(23)16-25(22)32-2)21-10-8-20(9-11-21)19-6-4-3-5-7-19/h3-11,14-17H,12-13H2,1-2H3,(H,29,30,31)/b18-14+. The molecule has 170 valence electrons. The smallest absolute Gasteiger partial charge is 0.250 e. The third-order valence-corrected chi connectivity index (χ3v) is 6.68. The van der Waals surface area contributed by atoms with Crippen molar-refractivity contribution in [3.05, 3.63) is 84.6 Å². The van der Waals surface area contributed by atoms with E-state index in [1.807, 2.05) is 37.3 Å². The molecule has 0 unspecified atom stereocenters. The van der Waals surface area contributed by atoms with Crippen LogP contribution in [0, 0.1) is 0 Å². The van der Waals surface area contributed by atoms with Gasteiger partial charge in [0, 0.05) is 34.4 Å². The quantitative estimate of drug-likeness (QED) is 0.344. The monoisotopic (exact) mass is 468 g/mol. The molecule has 4 aromatic rings. The first-order chi connectivity index (χ1) is 16.6. The highest BCUT2D eigenvalue weighted by atomic mass is 32.2. The Morgan fingerprint density at radius 3 is 2.50 bits per heavy atom. The van der Waals surface area contributed by atoms with Crippen LogP contribution in [-0.4, -0.2) is 30.5 Å². The van der Waals surface area contributed by atoms with Crippen molar-refractivity contribution < 1.29 is 13.9 Å². The van der Waals surface area contributed by atoms with E-state index in [1.165, 1.54) is 5.56 Å². The van der Waals surface area contributed by atoms with Gasteiger partial charge < -0.3 is 14.5 Å². The topological polar surface area (TPSA) is 63.8 Å². The molecule has 1 aromatic heterocycles. The number of benzene rings is 3. The lowest BCUT2D eigenvalue weighted by molar-refractivity contribution is -0.115. The number of allylic oxidation sites excluding steroid dienone is 1. The molecule has 34 heavy (non-hydrogen) atoms. The number of nitrogens with one attached hydrogen (secondary N) is 1. The highest BCUT2D eigenvalue weighted by Gasteiger charge is 2.16. The van der Waals surface area contributed by atoms with Crippen LogP contribution < -0.4 is 10.1 Å². The normalized spacial score (nSPS) is 13.7. The van der Waals surface area contributed by atoms with E-state index >= 15 is 0 Å². The lowest BCUT2D eigenvalue weighted by Gasteiger charge is -2.10. The molecule has 3 aromatic carbocycles. The fourth-order valence-corrected chi connectivity index (χ4v) is 4.79. The van der Waals surface area contributed by atoms with Crippen molar-refractivity contribution in [1.29, 1.82) is 0 Å². The first kappa shape index (κ1) is 22.0. The van der Waals surface area contributed by atoms with Crippen LogP contribution >= 0.6 is 11.8 Å². The first-order valence-corrected chi connectivity index (χ1v) is 12.0. The Balaban J connectivity index is 1.48. The van der Waals surface area contributed by atoms with Crippen LogP contribution in [0.4, 0.5) is 0 Å². The number of fused-ring (bicyclic) bond motifs is 1. The number of nitrogens with zero attached hydrogens (tertiary/aromatic N) is 1. The minimum absolute atomic E-state index is 0.197. The van der Waals surface area contributed by atoms with Crippen molar-refractivity contribution in [3.8, 4) is 28.0 Å². The average Bonchev–Trinajstić information content (AvgIpc) is 3.53. The summed E-state index contributed by atoms with van der Waals surface area (Å²) in [4.78, 5) is 16.8. The minimum atomic E-state index is -0.197. The summed E-state index contributed by atoms with van der Waals surface area (Å²) in [6, 6.07) is 22.6. The molecule has 0 fully saturated rings. The number of methoxy groups -OCH3 is 1. The van der Waals surface area contributed by atoms with Gasteiger partial charge in [0.25, 0.3) is 0 Å². The molecule has 1 aliphatic heterocycles. The van der Waals surface area contributed by atoms with Crippen molar-refractivity contribution in [1.82, 2.24) is 5.32 Å². The molecule has 1 aliphatic rings. The molecule has 0 bridgehead atoms. The van der Waals surface area contributed by atoms with Gasteiger partial charge in [-0.1, -0.05) is 66.4 Å². The molecule has 6 heteroatoms. The van der Waals surface area contributed by atoms with E-state index in [0.717, 1.165) is 51.1 Å². The Morgan fingerprint density at radius 2 is 1.79 bits per heavy atom. The Bertz CT molecular complexity index is 1400. The highest BCUT2D eigenvalue weighted by Crippen LogP contribution is 2.38. The average molecular weight is 469 g/mol. The Morgan fingerprint density at radius 1 is 1.06 bits per heavy atom. The van der Waals surface area contributed by atoms with Gasteiger partial charge in [0.15, 0.2) is 5.17 Å². The van der Waals surface area contributed by atoms with Gasteiger partial charge in [0.2, 0.25) is 5.91 Å². The van der Waals surface area contributed by atoms with E-state index in [1.54, 1.807) is 31.2 Å². The molecule has 0 aliphatic carbocycles. The number of amidine groups is 1. The number of thioether (sulfide) groups is 1. The lowest BCUT2D eigenvalue weighted by Crippen LogP contribution is -2.25. The molecular formula is C28H24N2O3S. The van der Waals surface area contributed by atoms with Crippen LogP contribution in [0.3, 0.4) is 0 Å². The van der Waals surface area contributed by atoms with Gasteiger partial charge in [-0.15, -0.1) is 0 Å². The van der Waals surface area contributed by atoms with Gasteiger partial charge in [-0.05, 0) is 35.3 Å². The van der Waals surface area contributed by atoms with Gasteiger partial charge in [-0.25, -0.2) is 0 Å². The van der Waals surface area contributed by atoms with Crippen LogP contribution in [0.25, 0.3) is 38.8 Å². The lowest BCUT2D eigenvalue weighted by atomic mass is 9.97. The van der Waals surface area contributed by atoms with E-state index in [9.17, 15) is 4.79 Å². The summed E-state index contributed by atoms with van der Waals surface area (Å²) in [5, 5.41) is 4.48. The van der Waals surface area contributed by atoms with E-state index in [-0.39, 0.29) is 5.91 Å². The van der Waals surface area contributed by atoms with Gasteiger partial charge in [0.05, 0.1) is 19.9 Å². The second-order valence-electron chi connectivity index (χ2n) is 7.99. The second-order valence-corrected chi connectivity index (χ2v) is 9.08. The number of hydrogen-bond donors (Lipinski definition) is 1. The zero-order valence-corrected chi connectivity index (χ0v) is 19.8. The Kier molecular flexibility index (Phi) is 6.23. The van der Waals surface area contributed by atoms with Gasteiger partial charge in [0.1, 0.15) is 11.3 Å². The molecule has 0 radical (unpaired) electrons. The number of amides is 1. The van der Waals surface area contributed by atoms with Crippen LogP contribution in [0.5, 0.6) is 5.75 Å². The number of aliphatic imine (C=N–C) groups is 1. The summed E-state index contributed by atoms with van der Waals surface area (Å²) in [6.45, 7) is 2.64. The number of furan rings is 1. The summed E-state index contributed by atoms with van der Waals surface area (Å²) < 4.78 is 11.5. The first-order valence-electron chi connectivity index (χ1n) is 11.0. The van der Waals surface area contributed by atoms with Crippen LogP contribution in [0.1, 0.15) is 12.5 Å². The number of ether oxygens (including phenoxy) is 1. The number of hydrogen-bond acceptors (Lipinski definition) is 5. The van der Waals surface area contributed by atoms with Crippen LogP contribution in [0.15, 0.2) is 88.5 Å². The molecule has 0 spiro atoms. The molecule has 0 atom stereocenters. The molecule has 1 amide bonds. The van der Waals surface area contributed by atoms with E-state index in [0.29, 0.717) is 10.9 Å². The van der Waals surface area contributed by atoms with Gasteiger partial charge >= 0.3 is 0 Å². The second kappa shape index (κ2) is 9.61. The summed E-state index contributed by atoms with van der Waals surface area (Å²) >= 11 is 1.56. The minimum Gasteiger partial charge on any atom is -0.496 e. The van der Waals surface area contributed by atoms with Crippen molar-refractivity contribution in [2.24, 2.45) is 4.99 Å². The molecule has 5 rings (SSSR count). The molecule has 2 heterocycles. The van der Waals surface area contributed by atoms with Crippen molar-refractivity contribution in [3.63, 3.8) is 0 Å². The van der Waals surface area contributed by atoms with Crippen LogP contribution in [0.2, 0.25) is 0 Å². The SMILES string of the molecule is COc1cc2occ(-c3ccc(-c4ccccc4)cc3)c2cc1/C(C)=C/C(=O)NC1=NCCS1. The molecular weight excluding hydrogens is 444 g/mol. The third-order valence-electron chi connectivity index (χ3n) is 5.79. The Hall–Kier alpha value is -3.77. The zero-order chi connectivity index (χ0) is 23.5. The summed E-state index contributed by atoms with van der Waals surface area (Å²) in [7, 11) is 1.62. The fraction of sp³-hybridized carbons (Fsp3) is 0.143. The van der Waals surface area contributed by atoms with E-state index < -0.39 is 0 Å². The van der Waals surface area contributed by atoms with Crippen LogP contribution in [-0.2, 0) is 4.79 Å². The summed E-state index contributed by atoms with van der Waals surface area (Å²) in [6.07, 6.45) is 3.35. The maximum absolute atomic E-state index is 12.5. The number of rotatable bonds is 5. The molecule has 5 nitrogen and oxygen atoms in total. The number of carbonyl (C=O) groups excluding carboxylic acids is 1. The third kappa shape index (κ3) is 4.50. The van der Waals surface area contributed by atoms with Crippen molar-refractivity contribution >= 4 is 39.4 Å². The molecule has 0 saturated carbocycles. The Labute approximate surface area is 202 Å². The van der Waals surface area contributed by atoms with Crippen molar-refractivity contribution in [2.45, 2.75) is 6.92 Å². The maximum atomic E-state index is 12.5. The summed E-state index contributed by atoms with van der Waals surface area (Å²) in [5.41, 5.74) is 6.77. The predicted molar refractivity (Wildman–Crippen MR) is 140 cm³/mol. The zero-order valence-electron chi connectivity index (χ0n) is 19.0. The number of carbonyl (C=O) groups is 1. The van der Waals surface area contributed by atoms with E-state index in [4.69, 9.17) is 9.15 Å². The fourth-order valence-electron chi connectivity index (χ4n) is 4.06. The maximum Gasteiger partial charge on any atom is 0.250 e. The highest BCUT2D eigenvalue weighted by molar-refractivity contribution is 8.14. The van der Waals surface area contributed by atoms with Crippen molar-refractivity contribution in [2.75, 3.05) is 19.4 Å². The van der Waals surface area contributed by atoms with E-state index in [2.05, 4.69) is 46.7 Å².